The number of aliphatic hydroxyl groups excluding tert-OH is 1. The summed E-state index contributed by atoms with van der Waals surface area (Å²) in [6.45, 7) is 7.49. The van der Waals surface area contributed by atoms with Crippen molar-refractivity contribution in [2.24, 2.45) is 0 Å². The minimum atomic E-state index is -3.46. The zero-order valence-corrected chi connectivity index (χ0v) is 12.8. The molecule has 114 valence electrons. The summed E-state index contributed by atoms with van der Waals surface area (Å²) in [6.07, 6.45) is 2.59. The Bertz CT molecular complexity index is 344. The normalized spacial score (nSPS) is 22.0. The van der Waals surface area contributed by atoms with Crippen molar-refractivity contribution in [1.82, 2.24) is 13.9 Å². The van der Waals surface area contributed by atoms with Crippen molar-refractivity contribution in [3.05, 3.63) is 0 Å². The molecular formula is C12H27N3O3S. The van der Waals surface area contributed by atoms with Crippen LogP contribution in [0.2, 0.25) is 0 Å². The van der Waals surface area contributed by atoms with Gasteiger partial charge < -0.3 is 10.0 Å². The summed E-state index contributed by atoms with van der Waals surface area (Å²) < 4.78 is 28.4. The van der Waals surface area contributed by atoms with E-state index in [-0.39, 0.29) is 12.6 Å². The average Bonchev–Trinajstić information content (AvgIpc) is 2.43. The van der Waals surface area contributed by atoms with Crippen LogP contribution in [-0.2, 0) is 10.2 Å². The molecule has 19 heavy (non-hydrogen) atoms. The lowest BCUT2D eigenvalue weighted by Gasteiger charge is -2.33. The molecule has 0 radical (unpaired) electrons. The topological polar surface area (TPSA) is 72.9 Å². The van der Waals surface area contributed by atoms with E-state index in [1.165, 1.54) is 4.31 Å². The molecular weight excluding hydrogens is 266 g/mol. The number of nitrogens with one attached hydrogen (secondary N) is 1. The maximum Gasteiger partial charge on any atom is 0.279 e. The molecule has 0 aliphatic carbocycles. The van der Waals surface area contributed by atoms with Crippen molar-refractivity contribution < 1.29 is 13.5 Å². The molecule has 1 atom stereocenters. The fraction of sp³-hybridized carbons (Fsp3) is 1.00. The van der Waals surface area contributed by atoms with Crippen LogP contribution >= 0.6 is 0 Å². The third kappa shape index (κ3) is 5.00. The minimum Gasteiger partial charge on any atom is -0.395 e. The summed E-state index contributed by atoms with van der Waals surface area (Å²) in [4.78, 5) is 2.17. The van der Waals surface area contributed by atoms with Gasteiger partial charge in [-0.1, -0.05) is 20.3 Å². The van der Waals surface area contributed by atoms with Crippen molar-refractivity contribution in [2.75, 3.05) is 39.3 Å². The van der Waals surface area contributed by atoms with Crippen LogP contribution in [0, 0.1) is 0 Å². The first-order chi connectivity index (χ1) is 9.05. The van der Waals surface area contributed by atoms with Gasteiger partial charge in [-0.15, -0.1) is 0 Å². The van der Waals surface area contributed by atoms with Gasteiger partial charge in [-0.2, -0.15) is 12.7 Å². The second kappa shape index (κ2) is 8.16. The van der Waals surface area contributed by atoms with E-state index < -0.39 is 10.2 Å². The van der Waals surface area contributed by atoms with Crippen LogP contribution in [0.25, 0.3) is 0 Å². The lowest BCUT2D eigenvalue weighted by atomic mass is 10.1. The smallest absolute Gasteiger partial charge is 0.279 e. The molecule has 0 aromatic carbocycles. The van der Waals surface area contributed by atoms with Crippen molar-refractivity contribution >= 4 is 10.2 Å². The summed E-state index contributed by atoms with van der Waals surface area (Å²) in [7, 11) is -3.46. The predicted octanol–water partition coefficient (Wildman–Crippen LogP) is 0.00940. The van der Waals surface area contributed by atoms with E-state index in [0.717, 1.165) is 32.4 Å². The van der Waals surface area contributed by atoms with Gasteiger partial charge in [-0.3, -0.25) is 0 Å². The second-order valence-corrected chi connectivity index (χ2v) is 6.58. The Morgan fingerprint density at radius 1 is 1.32 bits per heavy atom. The van der Waals surface area contributed by atoms with Crippen molar-refractivity contribution in [2.45, 2.75) is 39.2 Å². The van der Waals surface area contributed by atoms with Crippen molar-refractivity contribution in [3.8, 4) is 0 Å². The van der Waals surface area contributed by atoms with E-state index in [1.54, 1.807) is 0 Å². The first-order valence-electron chi connectivity index (χ1n) is 7.14. The zero-order valence-electron chi connectivity index (χ0n) is 12.0. The molecule has 1 unspecified atom stereocenters. The van der Waals surface area contributed by atoms with Crippen LogP contribution in [0.4, 0.5) is 0 Å². The first-order valence-corrected chi connectivity index (χ1v) is 8.58. The molecule has 1 aliphatic heterocycles. The van der Waals surface area contributed by atoms with Crippen molar-refractivity contribution in [3.63, 3.8) is 0 Å². The average molecular weight is 293 g/mol. The maximum atomic E-state index is 12.2. The molecule has 0 aromatic rings. The van der Waals surface area contributed by atoms with E-state index in [4.69, 9.17) is 0 Å². The Morgan fingerprint density at radius 2 is 2.00 bits per heavy atom. The SMILES string of the molecule is CCN(CC)CCNS(=O)(=O)N1CCCCC1CO. The fourth-order valence-corrected chi connectivity index (χ4v) is 3.88. The lowest BCUT2D eigenvalue weighted by molar-refractivity contribution is 0.153. The molecule has 1 aliphatic rings. The Hall–Kier alpha value is -0.210. The quantitative estimate of drug-likeness (QED) is 0.661. The van der Waals surface area contributed by atoms with E-state index >= 15 is 0 Å². The molecule has 0 spiro atoms. The lowest BCUT2D eigenvalue weighted by Crippen LogP contribution is -2.51. The minimum absolute atomic E-state index is 0.100. The van der Waals surface area contributed by atoms with Gasteiger partial charge in [0.25, 0.3) is 10.2 Å². The second-order valence-electron chi connectivity index (χ2n) is 4.87. The van der Waals surface area contributed by atoms with Gasteiger partial charge >= 0.3 is 0 Å². The Labute approximate surface area is 117 Å². The van der Waals surface area contributed by atoms with E-state index in [0.29, 0.717) is 19.6 Å². The van der Waals surface area contributed by atoms with Crippen LogP contribution in [0.3, 0.4) is 0 Å². The number of aliphatic hydroxyl groups is 1. The van der Waals surface area contributed by atoms with Gasteiger partial charge in [0, 0.05) is 25.7 Å². The number of piperidine rings is 1. The van der Waals surface area contributed by atoms with Crippen LogP contribution in [-0.4, -0.2) is 68.1 Å². The van der Waals surface area contributed by atoms with Gasteiger partial charge in [0.1, 0.15) is 0 Å². The molecule has 1 rings (SSSR count). The van der Waals surface area contributed by atoms with Gasteiger partial charge in [-0.25, -0.2) is 4.72 Å². The molecule has 6 nitrogen and oxygen atoms in total. The first kappa shape index (κ1) is 16.8. The highest BCUT2D eigenvalue weighted by Crippen LogP contribution is 2.19. The van der Waals surface area contributed by atoms with Gasteiger partial charge in [0.2, 0.25) is 0 Å². The Morgan fingerprint density at radius 3 is 2.58 bits per heavy atom. The highest BCUT2D eigenvalue weighted by molar-refractivity contribution is 7.87. The standard InChI is InChI=1S/C12H27N3O3S/c1-3-14(4-2)10-8-13-19(17,18)15-9-6-5-7-12(15)11-16/h12-13,16H,3-11H2,1-2H3. The number of nitrogens with zero attached hydrogens (tertiary/aromatic N) is 2. The zero-order chi connectivity index (χ0) is 14.3. The predicted molar refractivity (Wildman–Crippen MR) is 76.1 cm³/mol. The van der Waals surface area contributed by atoms with Crippen LogP contribution in [0.5, 0.6) is 0 Å². The number of likely N-dealkylation sites (N-methyl/N-ethyl adjacent to an activating group) is 1. The van der Waals surface area contributed by atoms with Crippen LogP contribution in [0.1, 0.15) is 33.1 Å². The number of rotatable bonds is 8. The molecule has 7 heteroatoms. The van der Waals surface area contributed by atoms with Gasteiger partial charge in [-0.05, 0) is 25.9 Å². The monoisotopic (exact) mass is 293 g/mol. The third-order valence-corrected chi connectivity index (χ3v) is 5.37. The summed E-state index contributed by atoms with van der Waals surface area (Å²) in [5, 5.41) is 9.27. The number of hydrogen-bond acceptors (Lipinski definition) is 4. The summed E-state index contributed by atoms with van der Waals surface area (Å²) in [5.74, 6) is 0. The molecule has 1 fully saturated rings. The summed E-state index contributed by atoms with van der Waals surface area (Å²) >= 11 is 0. The van der Waals surface area contributed by atoms with E-state index in [1.807, 2.05) is 0 Å². The highest BCUT2D eigenvalue weighted by Gasteiger charge is 2.31. The van der Waals surface area contributed by atoms with Crippen molar-refractivity contribution in [1.29, 1.82) is 0 Å². The Balaban J connectivity index is 2.50. The molecule has 2 N–H and O–H groups in total. The molecule has 1 heterocycles. The summed E-state index contributed by atoms with van der Waals surface area (Å²) in [6, 6.07) is -0.264. The van der Waals surface area contributed by atoms with Gasteiger partial charge in [0.05, 0.1) is 6.61 Å². The maximum absolute atomic E-state index is 12.2. The molecule has 0 amide bonds. The van der Waals surface area contributed by atoms with Crippen LogP contribution < -0.4 is 4.72 Å². The third-order valence-electron chi connectivity index (χ3n) is 3.70. The van der Waals surface area contributed by atoms with E-state index in [9.17, 15) is 13.5 Å². The van der Waals surface area contributed by atoms with Gasteiger partial charge in [0.15, 0.2) is 0 Å². The summed E-state index contributed by atoms with van der Waals surface area (Å²) in [5.41, 5.74) is 0. The molecule has 0 aromatic heterocycles. The molecule has 1 saturated heterocycles. The van der Waals surface area contributed by atoms with E-state index in [2.05, 4.69) is 23.5 Å². The van der Waals surface area contributed by atoms with Crippen LogP contribution in [0.15, 0.2) is 0 Å². The Kier molecular flexibility index (Phi) is 7.23. The largest absolute Gasteiger partial charge is 0.395 e. The number of hydrogen-bond donors (Lipinski definition) is 2. The molecule has 0 saturated carbocycles. The fourth-order valence-electron chi connectivity index (χ4n) is 2.43. The molecule has 0 bridgehead atoms. The highest BCUT2D eigenvalue weighted by atomic mass is 32.2.